The summed E-state index contributed by atoms with van der Waals surface area (Å²) in [4.78, 5) is 8.51. The average Bonchev–Trinajstić information content (AvgIpc) is 2.36. The fourth-order valence-electron chi connectivity index (χ4n) is 1.39. The Bertz CT molecular complexity index is 528. The highest BCUT2D eigenvalue weighted by atomic mass is 127. The Balaban J connectivity index is 2.22. The van der Waals surface area contributed by atoms with Crippen molar-refractivity contribution in [3.05, 3.63) is 39.6 Å². The van der Waals surface area contributed by atoms with Crippen molar-refractivity contribution < 1.29 is 4.74 Å². The molecule has 0 saturated carbocycles. The van der Waals surface area contributed by atoms with Gasteiger partial charge in [-0.1, -0.05) is 0 Å². The smallest absolute Gasteiger partial charge is 0.226 e. The lowest BCUT2D eigenvalue weighted by atomic mass is 10.3. The van der Waals surface area contributed by atoms with Gasteiger partial charge in [-0.2, -0.15) is 4.98 Å². The third-order valence-electron chi connectivity index (χ3n) is 2.29. The summed E-state index contributed by atoms with van der Waals surface area (Å²) in [6.45, 7) is 4.71. The molecule has 0 fully saturated rings. The van der Waals surface area contributed by atoms with Gasteiger partial charge in [0.05, 0.1) is 0 Å². The molecule has 0 saturated heterocycles. The van der Waals surface area contributed by atoms with E-state index in [4.69, 9.17) is 4.74 Å². The van der Waals surface area contributed by atoms with Gasteiger partial charge in [-0.15, -0.1) is 0 Å². The fraction of sp³-hybridized carbons (Fsp3) is 0.231. The second-order valence-electron chi connectivity index (χ2n) is 3.77. The third kappa shape index (κ3) is 3.32. The van der Waals surface area contributed by atoms with Gasteiger partial charge in [0.1, 0.15) is 5.75 Å². The Hall–Kier alpha value is -1.37. The van der Waals surface area contributed by atoms with Crippen molar-refractivity contribution in [2.45, 2.75) is 13.8 Å². The lowest BCUT2D eigenvalue weighted by Gasteiger charge is -2.09. The number of nitrogens with zero attached hydrogens (tertiary/aromatic N) is 2. The van der Waals surface area contributed by atoms with E-state index in [-0.39, 0.29) is 0 Å². The van der Waals surface area contributed by atoms with E-state index < -0.39 is 0 Å². The van der Waals surface area contributed by atoms with Gasteiger partial charge >= 0.3 is 0 Å². The number of halogens is 1. The first kappa shape index (κ1) is 13.1. The van der Waals surface area contributed by atoms with Crippen LogP contribution in [0.15, 0.2) is 30.5 Å². The van der Waals surface area contributed by atoms with E-state index in [9.17, 15) is 0 Å². The number of benzene rings is 1. The Morgan fingerprint density at radius 2 is 2.00 bits per heavy atom. The van der Waals surface area contributed by atoms with Gasteiger partial charge in [0.25, 0.3) is 0 Å². The zero-order valence-corrected chi connectivity index (χ0v) is 12.4. The molecule has 1 aromatic carbocycles. The van der Waals surface area contributed by atoms with E-state index in [0.717, 1.165) is 17.9 Å². The molecular weight excluding hydrogens is 341 g/mol. The molecule has 0 aliphatic rings. The van der Waals surface area contributed by atoms with Gasteiger partial charge < -0.3 is 10.1 Å². The molecule has 0 bridgehead atoms. The monoisotopic (exact) mass is 355 g/mol. The number of rotatable bonds is 4. The van der Waals surface area contributed by atoms with Crippen molar-refractivity contribution in [3.63, 3.8) is 0 Å². The van der Waals surface area contributed by atoms with Gasteiger partial charge in [0, 0.05) is 21.9 Å². The van der Waals surface area contributed by atoms with Crippen molar-refractivity contribution in [1.82, 2.24) is 9.97 Å². The van der Waals surface area contributed by atoms with Gasteiger partial charge in [-0.3, -0.25) is 0 Å². The summed E-state index contributed by atoms with van der Waals surface area (Å²) in [5.41, 5.74) is 0.912. The number of hydrogen-bond acceptors (Lipinski definition) is 4. The van der Waals surface area contributed by atoms with Gasteiger partial charge in [-0.25, -0.2) is 4.98 Å². The number of hydrogen-bond donors (Lipinski definition) is 1. The summed E-state index contributed by atoms with van der Waals surface area (Å²) >= 11 is 2.26. The molecule has 0 amide bonds. The molecule has 1 N–H and O–H groups in total. The Labute approximate surface area is 120 Å². The summed E-state index contributed by atoms with van der Waals surface area (Å²) < 4.78 is 6.93. The topological polar surface area (TPSA) is 47.0 Å². The maximum absolute atomic E-state index is 5.76. The lowest BCUT2D eigenvalue weighted by molar-refractivity contribution is 0.458. The molecule has 94 valence electrons. The molecule has 2 aromatic rings. The van der Waals surface area contributed by atoms with Crippen LogP contribution < -0.4 is 10.1 Å². The van der Waals surface area contributed by atoms with E-state index in [2.05, 4.69) is 37.9 Å². The highest BCUT2D eigenvalue weighted by Gasteiger charge is 2.05. The van der Waals surface area contributed by atoms with Crippen molar-refractivity contribution in [2.24, 2.45) is 0 Å². The van der Waals surface area contributed by atoms with Crippen LogP contribution in [0.1, 0.15) is 12.5 Å². The second kappa shape index (κ2) is 5.99. The highest BCUT2D eigenvalue weighted by molar-refractivity contribution is 14.1. The third-order valence-corrected chi connectivity index (χ3v) is 3.01. The molecule has 0 unspecified atom stereocenters. The van der Waals surface area contributed by atoms with Crippen LogP contribution in [-0.2, 0) is 0 Å². The second-order valence-corrected chi connectivity index (χ2v) is 5.01. The summed E-state index contributed by atoms with van der Waals surface area (Å²) in [7, 11) is 0. The standard InChI is InChI=1S/C13H14IN3O/c1-3-15-13-16-8-9(2)12(17-13)18-11-6-4-10(14)5-7-11/h4-8H,3H2,1-2H3,(H,15,16,17). The van der Waals surface area contributed by atoms with E-state index >= 15 is 0 Å². The zero-order chi connectivity index (χ0) is 13.0. The minimum absolute atomic E-state index is 0.585. The lowest BCUT2D eigenvalue weighted by Crippen LogP contribution is -2.03. The van der Waals surface area contributed by atoms with Crippen LogP contribution in [0.4, 0.5) is 5.95 Å². The molecule has 2 rings (SSSR count). The molecule has 0 radical (unpaired) electrons. The minimum Gasteiger partial charge on any atom is -0.439 e. The van der Waals surface area contributed by atoms with E-state index in [1.807, 2.05) is 38.1 Å². The minimum atomic E-state index is 0.585. The summed E-state index contributed by atoms with van der Waals surface area (Å²) in [6, 6.07) is 7.85. The van der Waals surface area contributed by atoms with Crippen molar-refractivity contribution in [3.8, 4) is 11.6 Å². The zero-order valence-electron chi connectivity index (χ0n) is 10.3. The SMILES string of the molecule is CCNc1ncc(C)c(Oc2ccc(I)cc2)n1. The van der Waals surface area contributed by atoms with Crippen LogP contribution in [0.3, 0.4) is 0 Å². The first-order chi connectivity index (χ1) is 8.69. The molecule has 5 heteroatoms. The Morgan fingerprint density at radius 3 is 2.67 bits per heavy atom. The molecule has 0 aliphatic carbocycles. The quantitative estimate of drug-likeness (QED) is 0.852. The molecule has 18 heavy (non-hydrogen) atoms. The molecule has 1 heterocycles. The van der Waals surface area contributed by atoms with Crippen LogP contribution in [0.2, 0.25) is 0 Å². The van der Waals surface area contributed by atoms with Crippen LogP contribution in [0, 0.1) is 10.5 Å². The first-order valence-corrected chi connectivity index (χ1v) is 6.78. The summed E-state index contributed by atoms with van der Waals surface area (Å²) in [5.74, 6) is 1.95. The van der Waals surface area contributed by atoms with Crippen molar-refractivity contribution in [1.29, 1.82) is 0 Å². The molecular formula is C13H14IN3O. The maximum Gasteiger partial charge on any atom is 0.226 e. The van der Waals surface area contributed by atoms with E-state index in [0.29, 0.717) is 11.8 Å². The van der Waals surface area contributed by atoms with Gasteiger partial charge in [-0.05, 0) is 60.7 Å². The number of aromatic nitrogens is 2. The molecule has 0 atom stereocenters. The van der Waals surface area contributed by atoms with Crippen LogP contribution >= 0.6 is 22.6 Å². The average molecular weight is 355 g/mol. The summed E-state index contributed by atoms with van der Waals surface area (Å²) in [5, 5.41) is 3.07. The molecule has 0 spiro atoms. The normalized spacial score (nSPS) is 10.2. The van der Waals surface area contributed by atoms with Crippen molar-refractivity contribution >= 4 is 28.5 Å². The van der Waals surface area contributed by atoms with Crippen LogP contribution in [0.25, 0.3) is 0 Å². The van der Waals surface area contributed by atoms with Gasteiger partial charge in [0.15, 0.2) is 0 Å². The van der Waals surface area contributed by atoms with E-state index in [1.165, 1.54) is 3.57 Å². The predicted octanol–water partition coefficient (Wildman–Crippen LogP) is 3.61. The number of aryl methyl sites for hydroxylation is 1. The highest BCUT2D eigenvalue weighted by Crippen LogP contribution is 2.23. The van der Waals surface area contributed by atoms with Crippen molar-refractivity contribution in [2.75, 3.05) is 11.9 Å². The molecule has 1 aromatic heterocycles. The van der Waals surface area contributed by atoms with Crippen LogP contribution in [-0.4, -0.2) is 16.5 Å². The molecule has 4 nitrogen and oxygen atoms in total. The largest absolute Gasteiger partial charge is 0.439 e. The number of anilines is 1. The summed E-state index contributed by atoms with van der Waals surface area (Å²) in [6.07, 6.45) is 1.76. The fourth-order valence-corrected chi connectivity index (χ4v) is 1.75. The van der Waals surface area contributed by atoms with Gasteiger partial charge in [0.2, 0.25) is 11.8 Å². The van der Waals surface area contributed by atoms with E-state index in [1.54, 1.807) is 6.20 Å². The number of nitrogens with one attached hydrogen (secondary N) is 1. The predicted molar refractivity (Wildman–Crippen MR) is 80.2 cm³/mol. The Kier molecular flexibility index (Phi) is 4.35. The van der Waals surface area contributed by atoms with Crippen LogP contribution in [0.5, 0.6) is 11.6 Å². The maximum atomic E-state index is 5.76. The number of ether oxygens (including phenoxy) is 1. The Morgan fingerprint density at radius 1 is 1.28 bits per heavy atom. The molecule has 0 aliphatic heterocycles. The first-order valence-electron chi connectivity index (χ1n) is 5.70.